The molecule has 1 aromatic carbocycles. The molecule has 0 radical (unpaired) electrons. The van der Waals surface area contributed by atoms with Crippen LogP contribution in [0.3, 0.4) is 0 Å². The van der Waals surface area contributed by atoms with Crippen LogP contribution in [0.5, 0.6) is 0 Å². The van der Waals surface area contributed by atoms with E-state index in [1.165, 1.54) is 12.4 Å². The van der Waals surface area contributed by atoms with Gasteiger partial charge in [-0.3, -0.25) is 0 Å². The number of rotatable bonds is 4. The molecular formula is C13H13ClN4O2. The maximum atomic E-state index is 11.2. The van der Waals surface area contributed by atoms with Gasteiger partial charge >= 0.3 is 5.97 Å². The summed E-state index contributed by atoms with van der Waals surface area (Å²) in [5.41, 5.74) is 1.29. The predicted octanol–water partition coefficient (Wildman–Crippen LogP) is 2.25. The van der Waals surface area contributed by atoms with E-state index in [0.29, 0.717) is 10.7 Å². The fourth-order valence-electron chi connectivity index (χ4n) is 1.52. The minimum atomic E-state index is -1.09. The third-order valence-corrected chi connectivity index (χ3v) is 2.69. The summed E-state index contributed by atoms with van der Waals surface area (Å²) in [5, 5.41) is 17.9. The van der Waals surface area contributed by atoms with Gasteiger partial charge in [-0.1, -0.05) is 23.7 Å². The Labute approximate surface area is 120 Å². The Bertz CT molecular complexity index is 647. The number of hydrogen-bond donors (Lipinski definition) is 1. The molecule has 2 rings (SSSR count). The summed E-state index contributed by atoms with van der Waals surface area (Å²) in [6.45, 7) is 0. The van der Waals surface area contributed by atoms with Crippen molar-refractivity contribution in [3.63, 3.8) is 0 Å². The van der Waals surface area contributed by atoms with Gasteiger partial charge in [0.1, 0.15) is 6.34 Å². The molecule has 0 atom stereocenters. The molecular weight excluding hydrogens is 280 g/mol. The second-order valence-corrected chi connectivity index (χ2v) is 4.75. The van der Waals surface area contributed by atoms with Crippen molar-refractivity contribution in [1.29, 1.82) is 0 Å². The van der Waals surface area contributed by atoms with Crippen LogP contribution in [0.2, 0.25) is 5.02 Å². The number of hydrogen-bond acceptors (Lipinski definition) is 3. The largest absolute Gasteiger partial charge is 0.476 e. The van der Waals surface area contributed by atoms with E-state index in [2.05, 4.69) is 10.2 Å². The van der Waals surface area contributed by atoms with Crippen molar-refractivity contribution in [1.82, 2.24) is 14.8 Å². The Kier molecular flexibility index (Phi) is 4.05. The summed E-state index contributed by atoms with van der Waals surface area (Å²) in [5.74, 6) is -1.09. The molecule has 2 aromatic rings. The maximum Gasteiger partial charge on any atom is 0.356 e. The number of aromatic nitrogens is 2. The average molecular weight is 293 g/mol. The lowest BCUT2D eigenvalue weighted by Crippen LogP contribution is -2.12. The monoisotopic (exact) mass is 292 g/mol. The van der Waals surface area contributed by atoms with Crippen molar-refractivity contribution in [2.45, 2.75) is 0 Å². The van der Waals surface area contributed by atoms with Crippen LogP contribution < -0.4 is 0 Å². The number of aromatic carboxylic acids is 1. The normalized spacial score (nSPS) is 10.9. The first-order valence-corrected chi connectivity index (χ1v) is 6.15. The first kappa shape index (κ1) is 14.1. The van der Waals surface area contributed by atoms with Gasteiger partial charge in [-0.05, 0) is 12.1 Å². The van der Waals surface area contributed by atoms with Crippen LogP contribution in [0, 0.1) is 0 Å². The van der Waals surface area contributed by atoms with E-state index < -0.39 is 5.97 Å². The number of carbonyl (C=O) groups is 1. The zero-order chi connectivity index (χ0) is 14.7. The fraction of sp³-hybridized carbons (Fsp3) is 0.154. The molecule has 0 aliphatic heterocycles. The van der Waals surface area contributed by atoms with Gasteiger partial charge in [0.2, 0.25) is 0 Å². The maximum absolute atomic E-state index is 11.2. The number of carboxylic acids is 1. The van der Waals surface area contributed by atoms with Gasteiger partial charge in [0.15, 0.2) is 5.69 Å². The second-order valence-electron chi connectivity index (χ2n) is 4.31. The van der Waals surface area contributed by atoms with E-state index >= 15 is 0 Å². The van der Waals surface area contributed by atoms with Crippen molar-refractivity contribution in [2.75, 3.05) is 14.1 Å². The van der Waals surface area contributed by atoms with Crippen LogP contribution >= 0.6 is 11.6 Å². The molecule has 0 unspecified atom stereocenters. The minimum Gasteiger partial charge on any atom is -0.476 e. The molecule has 1 heterocycles. The first-order valence-electron chi connectivity index (χ1n) is 5.77. The van der Waals surface area contributed by atoms with Gasteiger partial charge in [-0.25, -0.2) is 4.79 Å². The summed E-state index contributed by atoms with van der Waals surface area (Å²) in [7, 11) is 3.57. The Morgan fingerprint density at radius 2 is 2.05 bits per heavy atom. The van der Waals surface area contributed by atoms with Crippen LogP contribution in [0.25, 0.3) is 11.3 Å². The lowest BCUT2D eigenvalue weighted by Gasteiger charge is -2.02. The SMILES string of the molecule is CN(C)C=Nn1nc(-c2ccc(Cl)cc2)cc1C(=O)O. The zero-order valence-corrected chi connectivity index (χ0v) is 11.7. The molecule has 0 fully saturated rings. The van der Waals surface area contributed by atoms with Crippen LogP contribution in [-0.2, 0) is 0 Å². The van der Waals surface area contributed by atoms with Gasteiger partial charge < -0.3 is 10.0 Å². The Hall–Kier alpha value is -2.34. The molecule has 0 saturated heterocycles. The van der Waals surface area contributed by atoms with Crippen molar-refractivity contribution >= 4 is 23.9 Å². The Morgan fingerprint density at radius 1 is 1.40 bits per heavy atom. The molecule has 0 aliphatic carbocycles. The molecule has 0 amide bonds. The highest BCUT2D eigenvalue weighted by atomic mass is 35.5. The molecule has 20 heavy (non-hydrogen) atoms. The molecule has 0 bridgehead atoms. The topological polar surface area (TPSA) is 70.7 Å². The summed E-state index contributed by atoms with van der Waals surface area (Å²) in [6, 6.07) is 8.46. The third-order valence-electron chi connectivity index (χ3n) is 2.44. The molecule has 104 valence electrons. The quantitative estimate of drug-likeness (QED) is 0.693. The van der Waals surface area contributed by atoms with Gasteiger partial charge in [0, 0.05) is 30.7 Å². The minimum absolute atomic E-state index is 0.00644. The number of halogens is 1. The summed E-state index contributed by atoms with van der Waals surface area (Å²) >= 11 is 5.82. The molecule has 0 saturated carbocycles. The zero-order valence-electron chi connectivity index (χ0n) is 11.0. The van der Waals surface area contributed by atoms with E-state index in [-0.39, 0.29) is 5.69 Å². The van der Waals surface area contributed by atoms with Crippen molar-refractivity contribution < 1.29 is 9.90 Å². The highest BCUT2D eigenvalue weighted by Gasteiger charge is 2.15. The molecule has 1 aromatic heterocycles. The third kappa shape index (κ3) is 3.16. The van der Waals surface area contributed by atoms with E-state index in [1.807, 2.05) is 0 Å². The molecule has 0 aliphatic rings. The molecule has 6 nitrogen and oxygen atoms in total. The van der Waals surface area contributed by atoms with E-state index in [4.69, 9.17) is 16.7 Å². The Balaban J connectivity index is 2.43. The van der Waals surface area contributed by atoms with Gasteiger partial charge in [-0.15, -0.1) is 15.0 Å². The Morgan fingerprint density at radius 3 is 2.60 bits per heavy atom. The van der Waals surface area contributed by atoms with Gasteiger partial charge in [0.25, 0.3) is 0 Å². The van der Waals surface area contributed by atoms with Gasteiger partial charge in [0.05, 0.1) is 5.69 Å². The summed E-state index contributed by atoms with van der Waals surface area (Å²) < 4.78 is 0. The van der Waals surface area contributed by atoms with Crippen molar-refractivity contribution in [3.8, 4) is 11.3 Å². The molecule has 1 N–H and O–H groups in total. The predicted molar refractivity (Wildman–Crippen MR) is 77.2 cm³/mol. The first-order chi connectivity index (χ1) is 9.47. The average Bonchev–Trinajstić information content (AvgIpc) is 2.81. The highest BCUT2D eigenvalue weighted by Crippen LogP contribution is 2.21. The van der Waals surface area contributed by atoms with E-state index in [1.54, 1.807) is 43.3 Å². The smallest absolute Gasteiger partial charge is 0.356 e. The van der Waals surface area contributed by atoms with Gasteiger partial charge in [-0.2, -0.15) is 0 Å². The van der Waals surface area contributed by atoms with Crippen LogP contribution in [0.15, 0.2) is 35.4 Å². The summed E-state index contributed by atoms with van der Waals surface area (Å²) in [4.78, 5) is 14.0. The second kappa shape index (κ2) is 5.75. The van der Waals surface area contributed by atoms with E-state index in [9.17, 15) is 4.79 Å². The van der Waals surface area contributed by atoms with Crippen LogP contribution in [0.1, 0.15) is 10.5 Å². The van der Waals surface area contributed by atoms with Crippen molar-refractivity contribution in [3.05, 3.63) is 41.0 Å². The molecule has 0 spiro atoms. The number of benzene rings is 1. The van der Waals surface area contributed by atoms with Crippen LogP contribution in [0.4, 0.5) is 0 Å². The van der Waals surface area contributed by atoms with Crippen molar-refractivity contribution in [2.24, 2.45) is 5.10 Å². The number of carboxylic acid groups (broad SMARTS) is 1. The standard InChI is InChI=1S/C13H13ClN4O2/c1-17(2)8-15-18-12(13(19)20)7-11(16-18)9-3-5-10(14)6-4-9/h3-8H,1-2H3,(H,19,20). The lowest BCUT2D eigenvalue weighted by atomic mass is 10.1. The highest BCUT2D eigenvalue weighted by molar-refractivity contribution is 6.30. The molecule has 7 heteroatoms. The fourth-order valence-corrected chi connectivity index (χ4v) is 1.65. The number of nitrogens with zero attached hydrogens (tertiary/aromatic N) is 4. The lowest BCUT2D eigenvalue weighted by molar-refractivity contribution is 0.0684. The summed E-state index contributed by atoms with van der Waals surface area (Å²) in [6.07, 6.45) is 1.48. The van der Waals surface area contributed by atoms with Crippen LogP contribution in [-0.4, -0.2) is 46.3 Å². The van der Waals surface area contributed by atoms with E-state index in [0.717, 1.165) is 10.4 Å².